The largest absolute Gasteiger partial charge is 0.497 e. The fourth-order valence-electron chi connectivity index (χ4n) is 3.36. The van der Waals surface area contributed by atoms with E-state index in [9.17, 15) is 9.59 Å². The van der Waals surface area contributed by atoms with E-state index < -0.39 is 5.60 Å². The monoisotopic (exact) mass is 447 g/mol. The number of benzene rings is 1. The van der Waals surface area contributed by atoms with Gasteiger partial charge in [-0.2, -0.15) is 0 Å². The molecule has 0 bridgehead atoms. The van der Waals surface area contributed by atoms with Crippen molar-refractivity contribution >= 4 is 28.5 Å². The molecular weight excluding hydrogens is 418 g/mol. The lowest BCUT2D eigenvalue weighted by atomic mass is 9.97. The van der Waals surface area contributed by atoms with Gasteiger partial charge in [-0.25, -0.2) is 9.78 Å². The lowest BCUT2D eigenvalue weighted by Gasteiger charge is -2.33. The van der Waals surface area contributed by atoms with Crippen molar-refractivity contribution in [1.29, 1.82) is 0 Å². The highest BCUT2D eigenvalue weighted by molar-refractivity contribution is 7.14. The molecule has 1 fully saturated rings. The van der Waals surface area contributed by atoms with Gasteiger partial charge in [0, 0.05) is 24.0 Å². The van der Waals surface area contributed by atoms with Gasteiger partial charge in [0.1, 0.15) is 17.1 Å². The van der Waals surface area contributed by atoms with E-state index in [1.165, 1.54) is 11.3 Å². The summed E-state index contributed by atoms with van der Waals surface area (Å²) in [5, 5.41) is 5.25. The highest BCUT2D eigenvalue weighted by atomic mass is 32.1. The SMILES string of the molecule is COc1ccc(OC)c(-c2csc(NC(=O)[C@@H]3CCCN(C(=O)OC(C)(C)C)C3)n2)c1. The first-order valence-electron chi connectivity index (χ1n) is 10.2. The third-order valence-electron chi connectivity index (χ3n) is 4.86. The summed E-state index contributed by atoms with van der Waals surface area (Å²) < 4.78 is 16.2. The topological polar surface area (TPSA) is 90.0 Å². The van der Waals surface area contributed by atoms with E-state index in [1.54, 1.807) is 19.1 Å². The van der Waals surface area contributed by atoms with Crippen molar-refractivity contribution in [3.63, 3.8) is 0 Å². The summed E-state index contributed by atoms with van der Waals surface area (Å²) in [7, 11) is 3.20. The Morgan fingerprint density at radius 3 is 2.68 bits per heavy atom. The minimum absolute atomic E-state index is 0.147. The average Bonchev–Trinajstić information content (AvgIpc) is 3.20. The number of aromatic nitrogens is 1. The number of ether oxygens (including phenoxy) is 3. The van der Waals surface area contributed by atoms with Crippen LogP contribution < -0.4 is 14.8 Å². The van der Waals surface area contributed by atoms with E-state index >= 15 is 0 Å². The van der Waals surface area contributed by atoms with Crippen molar-refractivity contribution in [2.45, 2.75) is 39.2 Å². The number of carbonyl (C=O) groups is 2. The summed E-state index contributed by atoms with van der Waals surface area (Å²) in [4.78, 5) is 31.3. The molecule has 31 heavy (non-hydrogen) atoms. The predicted octanol–water partition coefficient (Wildman–Crippen LogP) is 4.41. The molecule has 1 aliphatic heterocycles. The highest BCUT2D eigenvalue weighted by Gasteiger charge is 2.31. The Kier molecular flexibility index (Phi) is 7.04. The zero-order valence-electron chi connectivity index (χ0n) is 18.6. The molecule has 0 saturated carbocycles. The van der Waals surface area contributed by atoms with Crippen molar-refractivity contribution in [1.82, 2.24) is 9.88 Å². The molecule has 0 radical (unpaired) electrons. The molecule has 2 heterocycles. The van der Waals surface area contributed by atoms with Crippen LogP contribution >= 0.6 is 11.3 Å². The standard InChI is InChI=1S/C22H29N3O5S/c1-22(2,3)30-21(27)25-10-6-7-14(12-25)19(26)24-20-23-17(13-31-20)16-11-15(28-4)8-9-18(16)29-5/h8-9,11,13-14H,6-7,10,12H2,1-5H3,(H,23,24,26)/t14-/m1/s1. The zero-order chi connectivity index (χ0) is 22.6. The first-order valence-corrected chi connectivity index (χ1v) is 11.0. The van der Waals surface area contributed by atoms with E-state index in [1.807, 2.05) is 44.4 Å². The molecule has 1 aromatic heterocycles. The molecule has 1 aliphatic rings. The predicted molar refractivity (Wildman–Crippen MR) is 120 cm³/mol. The number of methoxy groups -OCH3 is 2. The van der Waals surface area contributed by atoms with E-state index in [2.05, 4.69) is 10.3 Å². The van der Waals surface area contributed by atoms with Crippen LogP contribution in [-0.4, -0.2) is 54.8 Å². The first-order chi connectivity index (χ1) is 14.7. The number of hydrogen-bond donors (Lipinski definition) is 1. The Morgan fingerprint density at radius 2 is 2.00 bits per heavy atom. The van der Waals surface area contributed by atoms with Crippen molar-refractivity contribution in [2.24, 2.45) is 5.92 Å². The molecule has 0 unspecified atom stereocenters. The third kappa shape index (κ3) is 5.88. The average molecular weight is 448 g/mol. The Bertz CT molecular complexity index is 937. The van der Waals surface area contributed by atoms with Crippen LogP contribution in [0.3, 0.4) is 0 Å². The van der Waals surface area contributed by atoms with Gasteiger partial charge in [-0.05, 0) is 51.8 Å². The van der Waals surface area contributed by atoms with Gasteiger partial charge in [0.15, 0.2) is 5.13 Å². The van der Waals surface area contributed by atoms with Gasteiger partial charge in [-0.3, -0.25) is 4.79 Å². The number of likely N-dealkylation sites (tertiary alicyclic amines) is 1. The molecule has 1 aromatic carbocycles. The number of hydrogen-bond acceptors (Lipinski definition) is 7. The van der Waals surface area contributed by atoms with Crippen molar-refractivity contribution in [2.75, 3.05) is 32.6 Å². The van der Waals surface area contributed by atoms with E-state index in [0.717, 1.165) is 12.0 Å². The van der Waals surface area contributed by atoms with Gasteiger partial charge in [-0.15, -0.1) is 11.3 Å². The van der Waals surface area contributed by atoms with Gasteiger partial charge in [0.05, 0.1) is 25.8 Å². The fraction of sp³-hybridized carbons (Fsp3) is 0.500. The maximum atomic E-state index is 12.8. The van der Waals surface area contributed by atoms with Crippen molar-refractivity contribution in [3.8, 4) is 22.8 Å². The minimum Gasteiger partial charge on any atom is -0.497 e. The summed E-state index contributed by atoms with van der Waals surface area (Å²) in [5.74, 6) is 0.912. The van der Waals surface area contributed by atoms with Crippen molar-refractivity contribution < 1.29 is 23.8 Å². The first kappa shape index (κ1) is 22.9. The lowest BCUT2D eigenvalue weighted by Crippen LogP contribution is -2.45. The molecule has 2 aromatic rings. The third-order valence-corrected chi connectivity index (χ3v) is 5.62. The van der Waals surface area contributed by atoms with E-state index in [0.29, 0.717) is 41.8 Å². The molecule has 3 rings (SSSR count). The van der Waals surface area contributed by atoms with Gasteiger partial charge >= 0.3 is 6.09 Å². The van der Waals surface area contributed by atoms with E-state index in [-0.39, 0.29) is 17.9 Å². The van der Waals surface area contributed by atoms with Gasteiger partial charge < -0.3 is 24.4 Å². The second kappa shape index (κ2) is 9.55. The highest BCUT2D eigenvalue weighted by Crippen LogP contribution is 2.35. The molecule has 1 atom stereocenters. The van der Waals surface area contributed by atoms with Crippen LogP contribution in [0.5, 0.6) is 11.5 Å². The number of carbonyl (C=O) groups excluding carboxylic acids is 2. The molecule has 168 valence electrons. The molecule has 8 nitrogen and oxygen atoms in total. The number of rotatable bonds is 5. The summed E-state index contributed by atoms with van der Waals surface area (Å²) in [6.07, 6.45) is 1.08. The Balaban J connectivity index is 1.67. The smallest absolute Gasteiger partial charge is 0.410 e. The number of amides is 2. The van der Waals surface area contributed by atoms with Crippen LogP contribution in [-0.2, 0) is 9.53 Å². The molecule has 0 spiro atoms. The molecule has 1 N–H and O–H groups in total. The van der Waals surface area contributed by atoms with Crippen LogP contribution in [0.2, 0.25) is 0 Å². The summed E-state index contributed by atoms with van der Waals surface area (Å²) >= 11 is 1.34. The van der Waals surface area contributed by atoms with Crippen LogP contribution in [0.15, 0.2) is 23.6 Å². The number of nitrogens with zero attached hydrogens (tertiary/aromatic N) is 2. The minimum atomic E-state index is -0.565. The Labute approximate surface area is 186 Å². The lowest BCUT2D eigenvalue weighted by molar-refractivity contribution is -0.121. The normalized spacial score (nSPS) is 16.5. The summed E-state index contributed by atoms with van der Waals surface area (Å²) in [6, 6.07) is 5.48. The number of thiazole rings is 1. The molecule has 9 heteroatoms. The molecular formula is C22H29N3O5S. The molecule has 1 saturated heterocycles. The van der Waals surface area contributed by atoms with Gasteiger partial charge in [0.25, 0.3) is 0 Å². The second-order valence-corrected chi connectivity index (χ2v) is 9.22. The van der Waals surface area contributed by atoms with Crippen LogP contribution in [0.25, 0.3) is 11.3 Å². The van der Waals surface area contributed by atoms with Crippen molar-refractivity contribution in [3.05, 3.63) is 23.6 Å². The number of nitrogens with one attached hydrogen (secondary N) is 1. The molecule has 0 aliphatic carbocycles. The fourth-order valence-corrected chi connectivity index (χ4v) is 4.07. The maximum Gasteiger partial charge on any atom is 0.410 e. The van der Waals surface area contributed by atoms with Gasteiger partial charge in [0.2, 0.25) is 5.91 Å². The maximum absolute atomic E-state index is 12.8. The molecule has 2 amide bonds. The van der Waals surface area contributed by atoms with Crippen LogP contribution in [0.4, 0.5) is 9.93 Å². The number of anilines is 1. The quantitative estimate of drug-likeness (QED) is 0.730. The van der Waals surface area contributed by atoms with Crippen LogP contribution in [0.1, 0.15) is 33.6 Å². The van der Waals surface area contributed by atoms with Gasteiger partial charge in [-0.1, -0.05) is 0 Å². The van der Waals surface area contributed by atoms with E-state index in [4.69, 9.17) is 14.2 Å². The summed E-state index contributed by atoms with van der Waals surface area (Å²) in [5.41, 5.74) is 0.910. The Hall–Kier alpha value is -2.81. The number of piperidine rings is 1. The van der Waals surface area contributed by atoms with Crippen LogP contribution in [0, 0.1) is 5.92 Å². The summed E-state index contributed by atoms with van der Waals surface area (Å²) in [6.45, 7) is 6.42. The Morgan fingerprint density at radius 1 is 1.23 bits per heavy atom. The second-order valence-electron chi connectivity index (χ2n) is 8.36. The zero-order valence-corrected chi connectivity index (χ0v) is 19.4.